The van der Waals surface area contributed by atoms with Crippen LogP contribution >= 0.6 is 27.3 Å². The summed E-state index contributed by atoms with van der Waals surface area (Å²) in [5.41, 5.74) is 1.81. The van der Waals surface area contributed by atoms with E-state index in [0.29, 0.717) is 0 Å². The molecule has 0 spiro atoms. The maximum absolute atomic E-state index is 11.7. The molecular formula is C12H13BrN2OS. The average Bonchev–Trinajstić information content (AvgIpc) is 2.67. The van der Waals surface area contributed by atoms with Gasteiger partial charge < -0.3 is 5.32 Å². The summed E-state index contributed by atoms with van der Waals surface area (Å²) in [5.74, 6) is -0.00640. The van der Waals surface area contributed by atoms with Gasteiger partial charge in [0.1, 0.15) is 0 Å². The molecule has 0 radical (unpaired) electrons. The Hall–Kier alpha value is -0.940. The van der Waals surface area contributed by atoms with E-state index >= 15 is 0 Å². The summed E-state index contributed by atoms with van der Waals surface area (Å²) in [5, 5.41) is 3.92. The van der Waals surface area contributed by atoms with Gasteiger partial charge in [-0.05, 0) is 31.5 Å². The molecule has 0 aliphatic heterocycles. The zero-order chi connectivity index (χ0) is 12.4. The molecule has 2 rings (SSSR count). The van der Waals surface area contributed by atoms with Crippen LogP contribution in [-0.2, 0) is 4.79 Å². The number of alkyl halides is 1. The number of carbonyl (C=O) groups is 1. The standard InChI is InChI=1S/C12H13BrN2OS/c1-3-9(13)12(16)15-8-4-5-10-11(6-8)17-7(2)14-10/h4-6,9H,3H2,1-2H3,(H,15,16). The number of aryl methyl sites for hydroxylation is 1. The number of fused-ring (bicyclic) bond motifs is 1. The number of hydrogen-bond donors (Lipinski definition) is 1. The molecule has 1 aromatic carbocycles. The molecule has 1 heterocycles. The van der Waals surface area contributed by atoms with Crippen LogP contribution in [0.15, 0.2) is 18.2 Å². The molecule has 1 N–H and O–H groups in total. The predicted octanol–water partition coefficient (Wildman–Crippen LogP) is 3.72. The van der Waals surface area contributed by atoms with Gasteiger partial charge in [-0.15, -0.1) is 11.3 Å². The highest BCUT2D eigenvalue weighted by Crippen LogP contribution is 2.25. The molecule has 5 heteroatoms. The highest BCUT2D eigenvalue weighted by molar-refractivity contribution is 9.10. The summed E-state index contributed by atoms with van der Waals surface area (Å²) in [4.78, 5) is 16.0. The minimum atomic E-state index is -0.138. The first-order chi connectivity index (χ1) is 8.10. The second-order valence-electron chi connectivity index (χ2n) is 3.78. The van der Waals surface area contributed by atoms with Crippen LogP contribution in [0.4, 0.5) is 5.69 Å². The number of thiazole rings is 1. The van der Waals surface area contributed by atoms with Crippen molar-refractivity contribution in [2.24, 2.45) is 0 Å². The van der Waals surface area contributed by atoms with E-state index in [2.05, 4.69) is 26.2 Å². The molecule has 1 atom stereocenters. The first kappa shape index (κ1) is 12.5. The highest BCUT2D eigenvalue weighted by Gasteiger charge is 2.12. The molecule has 0 aliphatic carbocycles. The first-order valence-electron chi connectivity index (χ1n) is 5.42. The molecule has 0 saturated heterocycles. The lowest BCUT2D eigenvalue weighted by Gasteiger charge is -2.08. The van der Waals surface area contributed by atoms with Crippen molar-refractivity contribution in [2.75, 3.05) is 5.32 Å². The van der Waals surface area contributed by atoms with Gasteiger partial charge in [0.25, 0.3) is 0 Å². The van der Waals surface area contributed by atoms with E-state index in [1.165, 1.54) is 0 Å². The number of hydrogen-bond acceptors (Lipinski definition) is 3. The fourth-order valence-corrected chi connectivity index (χ4v) is 2.50. The molecule has 90 valence electrons. The van der Waals surface area contributed by atoms with Crippen LogP contribution in [0.25, 0.3) is 10.2 Å². The minimum absolute atomic E-state index is 0.00640. The number of nitrogens with one attached hydrogen (secondary N) is 1. The van der Waals surface area contributed by atoms with Crippen molar-refractivity contribution < 1.29 is 4.79 Å². The Kier molecular flexibility index (Phi) is 3.79. The van der Waals surface area contributed by atoms with Crippen molar-refractivity contribution in [3.63, 3.8) is 0 Å². The first-order valence-corrected chi connectivity index (χ1v) is 7.15. The van der Waals surface area contributed by atoms with E-state index in [1.807, 2.05) is 32.0 Å². The number of halogens is 1. The van der Waals surface area contributed by atoms with Gasteiger partial charge in [-0.3, -0.25) is 4.79 Å². The molecule has 0 saturated carbocycles. The lowest BCUT2D eigenvalue weighted by molar-refractivity contribution is -0.115. The molecular weight excluding hydrogens is 300 g/mol. The summed E-state index contributed by atoms with van der Waals surface area (Å²) in [7, 11) is 0. The second kappa shape index (κ2) is 5.14. The maximum Gasteiger partial charge on any atom is 0.238 e. The molecule has 0 aliphatic rings. The number of aromatic nitrogens is 1. The van der Waals surface area contributed by atoms with Crippen LogP contribution in [0, 0.1) is 6.92 Å². The van der Waals surface area contributed by atoms with Gasteiger partial charge >= 0.3 is 0 Å². The Balaban J connectivity index is 2.22. The van der Waals surface area contributed by atoms with Gasteiger partial charge in [-0.1, -0.05) is 22.9 Å². The van der Waals surface area contributed by atoms with Gasteiger partial charge in [0.05, 0.1) is 20.1 Å². The van der Waals surface area contributed by atoms with Crippen LogP contribution in [0.3, 0.4) is 0 Å². The van der Waals surface area contributed by atoms with Crippen molar-refractivity contribution in [2.45, 2.75) is 25.1 Å². The summed E-state index contributed by atoms with van der Waals surface area (Å²) in [6.07, 6.45) is 0.772. The predicted molar refractivity (Wildman–Crippen MR) is 76.0 cm³/mol. The molecule has 0 bridgehead atoms. The Labute approximate surface area is 112 Å². The Morgan fingerprint density at radius 3 is 3.06 bits per heavy atom. The lowest BCUT2D eigenvalue weighted by atomic mass is 10.2. The van der Waals surface area contributed by atoms with E-state index in [4.69, 9.17) is 0 Å². The third-order valence-electron chi connectivity index (χ3n) is 2.41. The second-order valence-corrected chi connectivity index (χ2v) is 6.12. The van der Waals surface area contributed by atoms with Crippen molar-refractivity contribution in [1.29, 1.82) is 0 Å². The lowest BCUT2D eigenvalue weighted by Crippen LogP contribution is -2.21. The van der Waals surface area contributed by atoms with Crippen molar-refractivity contribution in [3.05, 3.63) is 23.2 Å². The third-order valence-corrected chi connectivity index (χ3v) is 4.40. The van der Waals surface area contributed by atoms with Gasteiger partial charge in [0.2, 0.25) is 5.91 Å². The van der Waals surface area contributed by atoms with Crippen LogP contribution in [0.2, 0.25) is 0 Å². The van der Waals surface area contributed by atoms with Gasteiger partial charge in [0, 0.05) is 5.69 Å². The monoisotopic (exact) mass is 312 g/mol. The molecule has 17 heavy (non-hydrogen) atoms. The average molecular weight is 313 g/mol. The summed E-state index contributed by atoms with van der Waals surface area (Å²) in [6, 6.07) is 5.78. The molecule has 0 fully saturated rings. The Bertz CT molecular complexity index is 552. The quantitative estimate of drug-likeness (QED) is 0.878. The highest BCUT2D eigenvalue weighted by atomic mass is 79.9. The van der Waals surface area contributed by atoms with E-state index < -0.39 is 0 Å². The smallest absolute Gasteiger partial charge is 0.238 e. The Morgan fingerprint density at radius 2 is 2.35 bits per heavy atom. The molecule has 3 nitrogen and oxygen atoms in total. The molecule has 1 unspecified atom stereocenters. The number of amides is 1. The molecule has 1 amide bonds. The Morgan fingerprint density at radius 1 is 1.59 bits per heavy atom. The van der Waals surface area contributed by atoms with Gasteiger partial charge in [-0.25, -0.2) is 4.98 Å². The van der Waals surface area contributed by atoms with Crippen LogP contribution in [0.1, 0.15) is 18.4 Å². The van der Waals surface area contributed by atoms with Crippen molar-refractivity contribution in [1.82, 2.24) is 4.98 Å². The van der Waals surface area contributed by atoms with Gasteiger partial charge in [-0.2, -0.15) is 0 Å². The number of benzene rings is 1. The summed E-state index contributed by atoms with van der Waals surface area (Å²) >= 11 is 4.97. The molecule has 2 aromatic rings. The largest absolute Gasteiger partial charge is 0.325 e. The number of anilines is 1. The van der Waals surface area contributed by atoms with E-state index in [-0.39, 0.29) is 10.7 Å². The maximum atomic E-state index is 11.7. The van der Waals surface area contributed by atoms with E-state index in [1.54, 1.807) is 11.3 Å². The summed E-state index contributed by atoms with van der Waals surface area (Å²) < 4.78 is 1.10. The van der Waals surface area contributed by atoms with Crippen LogP contribution in [-0.4, -0.2) is 15.7 Å². The SMILES string of the molecule is CCC(Br)C(=O)Nc1ccc2nc(C)sc2c1. The fourth-order valence-electron chi connectivity index (χ4n) is 1.52. The van der Waals surface area contributed by atoms with Crippen molar-refractivity contribution >= 4 is 49.1 Å². The summed E-state index contributed by atoms with van der Waals surface area (Å²) in [6.45, 7) is 3.95. The minimum Gasteiger partial charge on any atom is -0.325 e. The number of nitrogens with zero attached hydrogens (tertiary/aromatic N) is 1. The number of rotatable bonds is 3. The van der Waals surface area contributed by atoms with Crippen molar-refractivity contribution in [3.8, 4) is 0 Å². The fraction of sp³-hybridized carbons (Fsp3) is 0.333. The third kappa shape index (κ3) is 2.84. The molecule has 1 aromatic heterocycles. The van der Waals surface area contributed by atoms with Crippen LogP contribution < -0.4 is 5.32 Å². The number of carbonyl (C=O) groups excluding carboxylic acids is 1. The normalized spacial score (nSPS) is 12.6. The zero-order valence-electron chi connectivity index (χ0n) is 9.66. The topological polar surface area (TPSA) is 42.0 Å². The zero-order valence-corrected chi connectivity index (χ0v) is 12.1. The van der Waals surface area contributed by atoms with E-state index in [9.17, 15) is 4.79 Å². The van der Waals surface area contributed by atoms with Gasteiger partial charge in [0.15, 0.2) is 0 Å². The van der Waals surface area contributed by atoms with E-state index in [0.717, 1.165) is 27.3 Å². The van der Waals surface area contributed by atoms with Crippen LogP contribution in [0.5, 0.6) is 0 Å².